The zero-order valence-electron chi connectivity index (χ0n) is 7.46. The summed E-state index contributed by atoms with van der Waals surface area (Å²) in [7, 11) is 0. The van der Waals surface area contributed by atoms with Gasteiger partial charge in [0, 0.05) is 6.42 Å². The van der Waals surface area contributed by atoms with Crippen LogP contribution in [0.3, 0.4) is 0 Å². The highest BCUT2D eigenvalue weighted by atomic mass is 16.5. The summed E-state index contributed by atoms with van der Waals surface area (Å²) in [6.07, 6.45) is 0.942. The Hall–Kier alpha value is -0.880. The minimum atomic E-state index is -0.324. The van der Waals surface area contributed by atoms with Gasteiger partial charge in [0.1, 0.15) is 5.78 Å². The first-order valence-corrected chi connectivity index (χ1v) is 4.11. The Morgan fingerprint density at radius 1 is 1.75 bits per heavy atom. The quantitative estimate of drug-likeness (QED) is 0.595. The summed E-state index contributed by atoms with van der Waals surface area (Å²) in [4.78, 5) is 11.1. The SMILES string of the molecule is CC1(C)C(=O)CC1OCCC#N. The van der Waals surface area contributed by atoms with Crippen molar-refractivity contribution in [1.29, 1.82) is 5.26 Å². The Kier molecular flexibility index (Phi) is 2.49. The maximum absolute atomic E-state index is 11.1. The topological polar surface area (TPSA) is 50.1 Å². The molecule has 0 heterocycles. The number of ether oxygens (including phenoxy) is 1. The first-order valence-electron chi connectivity index (χ1n) is 4.11. The Balaban J connectivity index is 2.29. The molecular formula is C9H13NO2. The predicted molar refractivity (Wildman–Crippen MR) is 43.4 cm³/mol. The number of ketones is 1. The summed E-state index contributed by atoms with van der Waals surface area (Å²) < 4.78 is 5.36. The van der Waals surface area contributed by atoms with Crippen LogP contribution in [-0.2, 0) is 9.53 Å². The van der Waals surface area contributed by atoms with Crippen molar-refractivity contribution in [3.05, 3.63) is 0 Å². The summed E-state index contributed by atoms with van der Waals surface area (Å²) in [5.41, 5.74) is -0.324. The number of nitrogens with zero attached hydrogens (tertiary/aromatic N) is 1. The number of Topliss-reactive ketones (excluding diaryl/α,β-unsaturated/α-hetero) is 1. The number of hydrogen-bond donors (Lipinski definition) is 0. The average Bonchev–Trinajstić information content (AvgIpc) is 2.04. The van der Waals surface area contributed by atoms with Crippen LogP contribution in [0.15, 0.2) is 0 Å². The van der Waals surface area contributed by atoms with Crippen molar-refractivity contribution in [3.8, 4) is 6.07 Å². The second kappa shape index (κ2) is 3.24. The molecule has 12 heavy (non-hydrogen) atoms. The van der Waals surface area contributed by atoms with E-state index in [4.69, 9.17) is 10.00 Å². The van der Waals surface area contributed by atoms with Gasteiger partial charge >= 0.3 is 0 Å². The highest BCUT2D eigenvalue weighted by molar-refractivity contribution is 5.91. The number of rotatable bonds is 3. The summed E-state index contributed by atoms with van der Waals surface area (Å²) in [6, 6.07) is 2.00. The lowest BCUT2D eigenvalue weighted by Crippen LogP contribution is -2.51. The molecule has 1 aliphatic rings. The molecule has 0 spiro atoms. The van der Waals surface area contributed by atoms with Crippen LogP contribution in [0.2, 0.25) is 0 Å². The molecule has 66 valence electrons. The molecular weight excluding hydrogens is 154 g/mol. The molecule has 0 aromatic carbocycles. The number of hydrogen-bond acceptors (Lipinski definition) is 3. The van der Waals surface area contributed by atoms with Gasteiger partial charge in [-0.3, -0.25) is 4.79 Å². The van der Waals surface area contributed by atoms with Gasteiger partial charge in [0.15, 0.2) is 0 Å². The first kappa shape index (κ1) is 9.21. The van der Waals surface area contributed by atoms with Crippen LogP contribution < -0.4 is 0 Å². The molecule has 0 amide bonds. The largest absolute Gasteiger partial charge is 0.376 e. The van der Waals surface area contributed by atoms with Crippen LogP contribution in [0.1, 0.15) is 26.7 Å². The van der Waals surface area contributed by atoms with Gasteiger partial charge in [0.2, 0.25) is 0 Å². The van der Waals surface area contributed by atoms with Gasteiger partial charge in [-0.1, -0.05) is 13.8 Å². The fourth-order valence-corrected chi connectivity index (χ4v) is 1.25. The van der Waals surface area contributed by atoms with E-state index in [1.807, 2.05) is 19.9 Å². The third-order valence-electron chi connectivity index (χ3n) is 2.43. The van der Waals surface area contributed by atoms with Crippen LogP contribution in [0, 0.1) is 16.7 Å². The van der Waals surface area contributed by atoms with E-state index in [1.165, 1.54) is 0 Å². The van der Waals surface area contributed by atoms with Crippen LogP contribution in [0.5, 0.6) is 0 Å². The van der Waals surface area contributed by atoms with Gasteiger partial charge in [-0.25, -0.2) is 0 Å². The van der Waals surface area contributed by atoms with E-state index in [9.17, 15) is 4.79 Å². The third kappa shape index (κ3) is 1.49. The average molecular weight is 167 g/mol. The van der Waals surface area contributed by atoms with E-state index in [2.05, 4.69) is 0 Å². The van der Waals surface area contributed by atoms with Crippen LogP contribution in [-0.4, -0.2) is 18.5 Å². The molecule has 0 aromatic rings. The van der Waals surface area contributed by atoms with Crippen molar-refractivity contribution >= 4 is 5.78 Å². The van der Waals surface area contributed by atoms with Gasteiger partial charge in [-0.05, 0) is 0 Å². The fraction of sp³-hybridized carbons (Fsp3) is 0.778. The van der Waals surface area contributed by atoms with Crippen molar-refractivity contribution in [3.63, 3.8) is 0 Å². The molecule has 1 fully saturated rings. The molecule has 1 atom stereocenters. The minimum absolute atomic E-state index is 0.0262. The minimum Gasteiger partial charge on any atom is -0.376 e. The van der Waals surface area contributed by atoms with Crippen molar-refractivity contribution in [1.82, 2.24) is 0 Å². The van der Waals surface area contributed by atoms with Crippen LogP contribution in [0.4, 0.5) is 0 Å². The van der Waals surface area contributed by atoms with Gasteiger partial charge in [-0.15, -0.1) is 0 Å². The molecule has 1 aliphatic carbocycles. The van der Waals surface area contributed by atoms with Crippen molar-refractivity contribution in [2.75, 3.05) is 6.61 Å². The lowest BCUT2D eigenvalue weighted by molar-refractivity contribution is -0.157. The van der Waals surface area contributed by atoms with Crippen molar-refractivity contribution in [2.24, 2.45) is 5.41 Å². The molecule has 1 unspecified atom stereocenters. The van der Waals surface area contributed by atoms with Gasteiger partial charge in [0.25, 0.3) is 0 Å². The Bertz CT molecular complexity index is 227. The van der Waals surface area contributed by atoms with Gasteiger partial charge < -0.3 is 4.74 Å². The summed E-state index contributed by atoms with van der Waals surface area (Å²) in [5, 5.41) is 8.26. The molecule has 0 saturated heterocycles. The summed E-state index contributed by atoms with van der Waals surface area (Å²) in [5.74, 6) is 0.254. The highest BCUT2D eigenvalue weighted by Crippen LogP contribution is 2.38. The molecule has 0 aliphatic heterocycles. The zero-order valence-corrected chi connectivity index (χ0v) is 7.46. The molecule has 3 nitrogen and oxygen atoms in total. The highest BCUT2D eigenvalue weighted by Gasteiger charge is 2.47. The maximum Gasteiger partial charge on any atom is 0.143 e. The van der Waals surface area contributed by atoms with Gasteiger partial charge in [0.05, 0.1) is 30.6 Å². The van der Waals surface area contributed by atoms with E-state index >= 15 is 0 Å². The molecule has 0 bridgehead atoms. The van der Waals surface area contributed by atoms with E-state index in [0.717, 1.165) is 0 Å². The van der Waals surface area contributed by atoms with Crippen molar-refractivity contribution in [2.45, 2.75) is 32.8 Å². The standard InChI is InChI=1S/C9H13NO2/c1-9(2)7(11)6-8(9)12-5-3-4-10/h8H,3,5-6H2,1-2H3. The first-order chi connectivity index (χ1) is 5.59. The van der Waals surface area contributed by atoms with E-state index in [-0.39, 0.29) is 17.3 Å². The predicted octanol–water partition coefficient (Wildman–Crippen LogP) is 1.28. The Morgan fingerprint density at radius 2 is 2.42 bits per heavy atom. The smallest absolute Gasteiger partial charge is 0.143 e. The monoisotopic (exact) mass is 167 g/mol. The fourth-order valence-electron chi connectivity index (χ4n) is 1.25. The van der Waals surface area contributed by atoms with E-state index < -0.39 is 0 Å². The third-order valence-corrected chi connectivity index (χ3v) is 2.43. The van der Waals surface area contributed by atoms with E-state index in [1.54, 1.807) is 0 Å². The Morgan fingerprint density at radius 3 is 2.83 bits per heavy atom. The second-order valence-corrected chi connectivity index (χ2v) is 3.62. The lowest BCUT2D eigenvalue weighted by Gasteiger charge is -2.41. The summed E-state index contributed by atoms with van der Waals surface area (Å²) >= 11 is 0. The van der Waals surface area contributed by atoms with Crippen LogP contribution in [0.25, 0.3) is 0 Å². The second-order valence-electron chi connectivity index (χ2n) is 3.62. The number of nitriles is 1. The molecule has 3 heteroatoms. The molecule has 0 aromatic heterocycles. The zero-order chi connectivity index (χ0) is 9.19. The molecule has 1 saturated carbocycles. The number of carbonyl (C=O) groups is 1. The lowest BCUT2D eigenvalue weighted by atomic mass is 9.68. The van der Waals surface area contributed by atoms with Gasteiger partial charge in [-0.2, -0.15) is 5.26 Å². The van der Waals surface area contributed by atoms with Crippen molar-refractivity contribution < 1.29 is 9.53 Å². The van der Waals surface area contributed by atoms with E-state index in [0.29, 0.717) is 19.4 Å². The normalized spacial score (nSPS) is 26.1. The summed E-state index contributed by atoms with van der Waals surface area (Å²) in [6.45, 7) is 4.21. The molecule has 0 N–H and O–H groups in total. The maximum atomic E-state index is 11.1. The number of carbonyl (C=O) groups excluding carboxylic acids is 1. The molecule has 1 rings (SSSR count). The molecule has 0 radical (unpaired) electrons. The Labute approximate surface area is 72.3 Å². The van der Waals surface area contributed by atoms with Crippen LogP contribution >= 0.6 is 0 Å².